The first-order valence-corrected chi connectivity index (χ1v) is 10.3. The van der Waals surface area contributed by atoms with Crippen molar-refractivity contribution in [3.8, 4) is 11.1 Å². The zero-order valence-electron chi connectivity index (χ0n) is 17.5. The fourth-order valence-electron chi connectivity index (χ4n) is 3.81. The lowest BCUT2D eigenvalue weighted by molar-refractivity contribution is 0.262. The first kappa shape index (κ1) is 19.6. The third kappa shape index (κ3) is 3.61. The molecule has 158 valence electrons. The summed E-state index contributed by atoms with van der Waals surface area (Å²) in [5, 5.41) is 10.7. The van der Waals surface area contributed by atoms with E-state index in [0.717, 1.165) is 40.7 Å². The van der Waals surface area contributed by atoms with Crippen molar-refractivity contribution in [1.29, 1.82) is 0 Å². The van der Waals surface area contributed by atoms with Crippen LogP contribution in [0.4, 0.5) is 27.7 Å². The highest BCUT2D eigenvalue weighted by Crippen LogP contribution is 2.42. The number of rotatable bonds is 4. The lowest BCUT2D eigenvalue weighted by Crippen LogP contribution is -2.19. The average Bonchev–Trinajstić information content (AvgIpc) is 3.60. The van der Waals surface area contributed by atoms with Crippen LogP contribution >= 0.6 is 0 Å². The van der Waals surface area contributed by atoms with Gasteiger partial charge < -0.3 is 16.4 Å². The van der Waals surface area contributed by atoms with Crippen LogP contribution < -0.4 is 16.4 Å². The van der Waals surface area contributed by atoms with Gasteiger partial charge in [-0.25, -0.2) is 19.3 Å². The largest absolute Gasteiger partial charge is 0.382 e. The van der Waals surface area contributed by atoms with E-state index in [-0.39, 0.29) is 0 Å². The molecule has 8 nitrogen and oxygen atoms in total. The van der Waals surface area contributed by atoms with E-state index in [9.17, 15) is 4.79 Å². The summed E-state index contributed by atoms with van der Waals surface area (Å²) in [6, 6.07) is 16.1. The van der Waals surface area contributed by atoms with Gasteiger partial charge in [0.1, 0.15) is 0 Å². The van der Waals surface area contributed by atoms with E-state index in [1.54, 1.807) is 28.9 Å². The second-order valence-corrected chi connectivity index (χ2v) is 7.86. The molecule has 2 heterocycles. The van der Waals surface area contributed by atoms with Gasteiger partial charge in [0.05, 0.1) is 12.0 Å². The highest BCUT2D eigenvalue weighted by Gasteiger charge is 2.27. The molecule has 0 spiro atoms. The van der Waals surface area contributed by atoms with Gasteiger partial charge >= 0.3 is 6.03 Å². The van der Waals surface area contributed by atoms with E-state index in [1.807, 2.05) is 31.3 Å². The number of urea groups is 1. The predicted molar refractivity (Wildman–Crippen MR) is 126 cm³/mol. The zero-order valence-corrected chi connectivity index (χ0v) is 17.5. The summed E-state index contributed by atoms with van der Waals surface area (Å²) >= 11 is 0. The molecule has 0 saturated heterocycles. The van der Waals surface area contributed by atoms with Crippen LogP contribution in [0.15, 0.2) is 54.6 Å². The summed E-state index contributed by atoms with van der Waals surface area (Å²) in [7, 11) is 1.85. The number of aryl methyl sites for hydroxylation is 1. The van der Waals surface area contributed by atoms with Crippen molar-refractivity contribution in [3.63, 3.8) is 0 Å². The Morgan fingerprint density at radius 3 is 2.62 bits per heavy atom. The Kier molecular flexibility index (Phi) is 4.71. The van der Waals surface area contributed by atoms with E-state index in [0.29, 0.717) is 28.8 Å². The smallest absolute Gasteiger partial charge is 0.322 e. The minimum Gasteiger partial charge on any atom is -0.382 e. The molecule has 2 aromatic carbocycles. The number of nitrogen functional groups attached to an aromatic ring is 1. The molecule has 4 N–H and O–H groups in total. The quantitative estimate of drug-likeness (QED) is 0.388. The summed E-state index contributed by atoms with van der Waals surface area (Å²) in [5.74, 6) is 0.949. The molecular weight excluding hydrogens is 402 g/mol. The number of benzene rings is 2. The number of hydrogen-bond acceptors (Lipinski definition) is 4. The molecule has 0 radical (unpaired) electrons. The fraction of sp³-hybridized carbons (Fsp3) is 0.167. The van der Waals surface area contributed by atoms with E-state index < -0.39 is 6.03 Å². The lowest BCUT2D eigenvalue weighted by atomic mass is 10.0. The number of aromatic nitrogens is 3. The minimum absolute atomic E-state index is 0.389. The molecule has 2 amide bonds. The molecule has 0 bridgehead atoms. The number of nitrogens with one attached hydrogen (secondary N) is 2. The topological polar surface area (TPSA) is 102 Å². The molecule has 2 aromatic heterocycles. The third-order valence-corrected chi connectivity index (χ3v) is 5.56. The van der Waals surface area contributed by atoms with Crippen molar-refractivity contribution in [2.24, 2.45) is 7.05 Å². The maximum absolute atomic E-state index is 12.4. The summed E-state index contributed by atoms with van der Waals surface area (Å²) < 4.78 is 1.72. The summed E-state index contributed by atoms with van der Waals surface area (Å²) in [6.45, 7) is 7.21. The van der Waals surface area contributed by atoms with Crippen molar-refractivity contribution in [2.75, 3.05) is 16.4 Å². The second kappa shape index (κ2) is 7.71. The number of nitrogens with zero attached hydrogens (tertiary/aromatic N) is 4. The zero-order chi connectivity index (χ0) is 22.2. The Bertz CT molecular complexity index is 1380. The lowest BCUT2D eigenvalue weighted by Gasteiger charge is -2.11. The Morgan fingerprint density at radius 1 is 1.16 bits per heavy atom. The number of hydrogen-bond donors (Lipinski definition) is 3. The summed E-state index contributed by atoms with van der Waals surface area (Å²) in [4.78, 5) is 20.6. The molecule has 32 heavy (non-hydrogen) atoms. The Labute approximate surface area is 184 Å². The number of nitrogens with two attached hydrogens (primary N) is 1. The number of amides is 2. The highest BCUT2D eigenvalue weighted by molar-refractivity contribution is 6.03. The Morgan fingerprint density at radius 2 is 1.91 bits per heavy atom. The van der Waals surface area contributed by atoms with Crippen LogP contribution in [0.1, 0.15) is 24.5 Å². The van der Waals surface area contributed by atoms with Crippen LogP contribution in [0, 0.1) is 6.57 Å². The number of para-hydroxylation sites is 2. The highest BCUT2D eigenvalue weighted by atomic mass is 16.2. The average molecular weight is 423 g/mol. The molecule has 5 rings (SSSR count). The first-order valence-electron chi connectivity index (χ1n) is 10.3. The molecule has 1 aliphatic carbocycles. The Balaban J connectivity index is 1.41. The number of pyridine rings is 1. The van der Waals surface area contributed by atoms with Crippen molar-refractivity contribution in [2.45, 2.75) is 18.8 Å². The molecule has 1 saturated carbocycles. The SMILES string of the molecule is [C-]#[N+]c1ccccc1NC(=O)Nc1ccc(-c2cc(C3CC3)nc3c2c(N)nn3C)cc1. The number of anilines is 3. The molecule has 8 heteroatoms. The number of fused-ring (bicyclic) bond motifs is 1. The van der Waals surface area contributed by atoms with Gasteiger partial charge in [0, 0.05) is 30.0 Å². The standard InChI is InChI=1S/C24H21N7O/c1-26-18-5-3-4-6-19(18)29-24(32)27-16-11-9-14(10-12-16)17-13-20(15-7-8-15)28-23-21(17)22(25)30-31(23)2/h3-6,9-13,15H,7-8H2,2H3,(H2,25,30)(H2,27,29,32). The second-order valence-electron chi connectivity index (χ2n) is 7.86. The van der Waals surface area contributed by atoms with Crippen LogP contribution in [-0.2, 0) is 7.05 Å². The number of carbonyl (C=O) groups excluding carboxylic acids is 1. The van der Waals surface area contributed by atoms with Crippen molar-refractivity contribution in [1.82, 2.24) is 14.8 Å². The fourth-order valence-corrected chi connectivity index (χ4v) is 3.81. The molecule has 1 aliphatic rings. The van der Waals surface area contributed by atoms with Crippen LogP contribution in [0.25, 0.3) is 27.0 Å². The van der Waals surface area contributed by atoms with E-state index in [1.165, 1.54) is 0 Å². The van der Waals surface area contributed by atoms with Gasteiger partial charge in [-0.05, 0) is 48.2 Å². The van der Waals surface area contributed by atoms with Gasteiger partial charge in [-0.1, -0.05) is 30.3 Å². The summed E-state index contributed by atoms with van der Waals surface area (Å²) in [6.07, 6.45) is 2.31. The third-order valence-electron chi connectivity index (χ3n) is 5.56. The first-order chi connectivity index (χ1) is 15.5. The van der Waals surface area contributed by atoms with Crippen molar-refractivity contribution >= 4 is 39.9 Å². The van der Waals surface area contributed by atoms with Crippen molar-refractivity contribution in [3.05, 3.63) is 71.7 Å². The van der Waals surface area contributed by atoms with Gasteiger partial charge in [0.2, 0.25) is 5.69 Å². The molecule has 0 aliphatic heterocycles. The monoisotopic (exact) mass is 423 g/mol. The molecule has 0 atom stereocenters. The maximum atomic E-state index is 12.4. The van der Waals surface area contributed by atoms with Gasteiger partial charge in [-0.2, -0.15) is 5.10 Å². The van der Waals surface area contributed by atoms with Gasteiger partial charge in [-0.15, -0.1) is 0 Å². The molecule has 4 aromatic rings. The van der Waals surface area contributed by atoms with E-state index in [4.69, 9.17) is 17.3 Å². The van der Waals surface area contributed by atoms with E-state index >= 15 is 0 Å². The molecule has 0 unspecified atom stereocenters. The minimum atomic E-state index is -0.410. The predicted octanol–water partition coefficient (Wildman–Crippen LogP) is 5.29. The van der Waals surface area contributed by atoms with Gasteiger partial charge in [0.25, 0.3) is 0 Å². The molecular formula is C24H21N7O. The van der Waals surface area contributed by atoms with E-state index in [2.05, 4.69) is 26.6 Å². The van der Waals surface area contributed by atoms with Crippen LogP contribution in [-0.4, -0.2) is 20.8 Å². The maximum Gasteiger partial charge on any atom is 0.322 e. The van der Waals surface area contributed by atoms with Crippen LogP contribution in [0.3, 0.4) is 0 Å². The van der Waals surface area contributed by atoms with Crippen molar-refractivity contribution < 1.29 is 4.79 Å². The van der Waals surface area contributed by atoms with Gasteiger partial charge in [0.15, 0.2) is 11.5 Å². The Hall–Kier alpha value is -4.38. The van der Waals surface area contributed by atoms with Gasteiger partial charge in [-0.3, -0.25) is 0 Å². The van der Waals surface area contributed by atoms with Crippen LogP contribution in [0.2, 0.25) is 0 Å². The normalized spacial score (nSPS) is 13.0. The molecule has 1 fully saturated rings. The summed E-state index contributed by atoms with van der Waals surface area (Å²) in [5.41, 5.74) is 11.5. The van der Waals surface area contributed by atoms with Crippen LogP contribution in [0.5, 0.6) is 0 Å². The number of carbonyl (C=O) groups is 1.